The predicted molar refractivity (Wildman–Crippen MR) is 282 cm³/mol. The number of furan rings is 1. The summed E-state index contributed by atoms with van der Waals surface area (Å²) in [5.74, 6) is 0. The number of hydrogen-bond acceptors (Lipinski definition) is 2. The Bertz CT molecular complexity index is 3940. The van der Waals surface area contributed by atoms with Crippen LogP contribution in [0.1, 0.15) is 0 Å². The Morgan fingerprint density at radius 1 is 0.313 bits per heavy atom. The van der Waals surface area contributed by atoms with E-state index < -0.39 is 0 Å². The first-order valence-corrected chi connectivity index (χ1v) is 22.9. The maximum Gasteiger partial charge on any atom is 0.143 e. The summed E-state index contributed by atoms with van der Waals surface area (Å²) >= 11 is 0. The van der Waals surface area contributed by atoms with Crippen LogP contribution in [0, 0.1) is 0 Å². The molecular weight excluding hydrogens is 813 g/mol. The smallest absolute Gasteiger partial charge is 0.143 e. The van der Waals surface area contributed by atoms with E-state index >= 15 is 0 Å². The van der Waals surface area contributed by atoms with Crippen molar-refractivity contribution in [3.8, 4) is 50.2 Å². The summed E-state index contributed by atoms with van der Waals surface area (Å²) in [4.78, 5) is 2.43. The third-order valence-corrected chi connectivity index (χ3v) is 13.4. The number of rotatable bonds is 8. The minimum absolute atomic E-state index is 0.880. The van der Waals surface area contributed by atoms with Gasteiger partial charge in [0.15, 0.2) is 0 Å². The van der Waals surface area contributed by atoms with Crippen molar-refractivity contribution in [1.29, 1.82) is 0 Å². The molecule has 0 aliphatic rings. The number of para-hydroxylation sites is 6. The summed E-state index contributed by atoms with van der Waals surface area (Å²) in [6.07, 6.45) is 0. The monoisotopic (exact) mass is 854 g/mol. The fraction of sp³-hybridized carbons (Fsp3) is 0. The highest BCUT2D eigenvalue weighted by Crippen LogP contribution is 2.48. The summed E-state index contributed by atoms with van der Waals surface area (Å²) in [7, 11) is 0. The third kappa shape index (κ3) is 6.51. The van der Waals surface area contributed by atoms with Crippen molar-refractivity contribution in [2.24, 2.45) is 0 Å². The molecule has 0 radical (unpaired) electrons. The van der Waals surface area contributed by atoms with Gasteiger partial charge in [0.2, 0.25) is 0 Å². The summed E-state index contributed by atoms with van der Waals surface area (Å²) in [6, 6.07) is 92.0. The molecule has 0 bridgehead atoms. The second-order valence-corrected chi connectivity index (χ2v) is 17.2. The van der Waals surface area contributed by atoms with E-state index in [2.05, 4.69) is 258 Å². The number of aromatic nitrogens is 1. The summed E-state index contributed by atoms with van der Waals surface area (Å²) in [5, 5.41) is 7.12. The van der Waals surface area contributed by atoms with E-state index in [0.29, 0.717) is 0 Å². The molecule has 0 aliphatic carbocycles. The van der Waals surface area contributed by atoms with Gasteiger partial charge in [-0.05, 0) is 87.6 Å². The molecule has 0 aliphatic heterocycles. The number of benzene rings is 11. The summed E-state index contributed by atoms with van der Waals surface area (Å²) in [6.45, 7) is 0. The van der Waals surface area contributed by atoms with Crippen molar-refractivity contribution in [2.75, 3.05) is 4.90 Å². The molecule has 67 heavy (non-hydrogen) atoms. The maximum atomic E-state index is 6.69. The zero-order valence-corrected chi connectivity index (χ0v) is 36.6. The Labute approximate surface area is 388 Å². The average Bonchev–Trinajstić information content (AvgIpc) is 3.95. The van der Waals surface area contributed by atoms with Gasteiger partial charge in [0.1, 0.15) is 11.2 Å². The maximum absolute atomic E-state index is 6.69. The first-order valence-electron chi connectivity index (χ1n) is 22.9. The van der Waals surface area contributed by atoms with Gasteiger partial charge in [-0.15, -0.1) is 0 Å². The molecule has 314 valence electrons. The van der Waals surface area contributed by atoms with E-state index in [0.717, 1.165) is 78.1 Å². The average molecular weight is 855 g/mol. The SMILES string of the molecule is c1ccc(-c2ccc(-c3ccc(N(c4ccccc4-c4ccc5ccccc5c4)c4ccccc4-c4cccc5c4oc4ccccc45)cc3)c(-n3c4ccccc4c4ccccc43)c2)cc1. The van der Waals surface area contributed by atoms with Gasteiger partial charge < -0.3 is 13.9 Å². The standard InChI is InChI=1S/C64H42N2O/c1-2-17-43(18-3-1)47-37-40-51(62(42-47)66-60-30-13-7-22-52(60)53-23-8-14-31-61(53)66)45-35-38-49(39-36-45)65(58-28-11-6-21-50(58)48-34-33-44-19-4-5-20-46(44)41-48)59-29-12-9-24-54(59)56-26-16-27-57-55-25-10-15-32-63(55)67-64(56)57/h1-42H. The molecule has 0 saturated carbocycles. The molecule has 13 rings (SSSR count). The van der Waals surface area contributed by atoms with Gasteiger partial charge in [0, 0.05) is 49.5 Å². The van der Waals surface area contributed by atoms with E-state index in [1.165, 1.54) is 43.7 Å². The van der Waals surface area contributed by atoms with E-state index in [1.54, 1.807) is 0 Å². The first-order chi connectivity index (χ1) is 33.2. The molecule has 13 aromatic rings. The van der Waals surface area contributed by atoms with Gasteiger partial charge in [0.05, 0.1) is 28.1 Å². The van der Waals surface area contributed by atoms with Gasteiger partial charge in [-0.25, -0.2) is 0 Å². The number of hydrogen-bond donors (Lipinski definition) is 0. The lowest BCUT2D eigenvalue weighted by molar-refractivity contribution is 0.670. The third-order valence-electron chi connectivity index (χ3n) is 13.4. The number of nitrogens with zero attached hydrogens (tertiary/aromatic N) is 2. The Hall–Kier alpha value is -8.92. The van der Waals surface area contributed by atoms with Gasteiger partial charge in [-0.2, -0.15) is 0 Å². The Morgan fingerprint density at radius 2 is 0.881 bits per heavy atom. The van der Waals surface area contributed by atoms with Crippen molar-refractivity contribution in [3.63, 3.8) is 0 Å². The normalized spacial score (nSPS) is 11.6. The molecular formula is C64H42N2O. The van der Waals surface area contributed by atoms with Gasteiger partial charge in [-0.1, -0.05) is 200 Å². The predicted octanol–water partition coefficient (Wildman–Crippen LogP) is 18.0. The molecule has 11 aromatic carbocycles. The molecule has 0 unspecified atom stereocenters. The van der Waals surface area contributed by atoms with Gasteiger partial charge in [0.25, 0.3) is 0 Å². The van der Waals surface area contributed by atoms with E-state index in [4.69, 9.17) is 4.42 Å². The van der Waals surface area contributed by atoms with E-state index in [9.17, 15) is 0 Å². The Balaban J connectivity index is 1.02. The minimum atomic E-state index is 0.880. The van der Waals surface area contributed by atoms with Crippen molar-refractivity contribution in [1.82, 2.24) is 4.57 Å². The summed E-state index contributed by atoms with van der Waals surface area (Å²) in [5.41, 5.74) is 17.5. The molecule has 0 fully saturated rings. The van der Waals surface area contributed by atoms with Gasteiger partial charge in [-0.3, -0.25) is 0 Å². The van der Waals surface area contributed by atoms with Crippen LogP contribution in [0.15, 0.2) is 259 Å². The van der Waals surface area contributed by atoms with Gasteiger partial charge >= 0.3 is 0 Å². The van der Waals surface area contributed by atoms with Crippen LogP contribution < -0.4 is 4.90 Å². The molecule has 2 heterocycles. The fourth-order valence-corrected chi connectivity index (χ4v) is 10.3. The minimum Gasteiger partial charge on any atom is -0.455 e. The van der Waals surface area contributed by atoms with Crippen LogP contribution in [0.25, 0.3) is 105 Å². The molecule has 0 saturated heterocycles. The lowest BCUT2D eigenvalue weighted by Crippen LogP contribution is -2.12. The second kappa shape index (κ2) is 16.0. The molecule has 0 amide bonds. The highest BCUT2D eigenvalue weighted by molar-refractivity contribution is 6.12. The molecule has 3 nitrogen and oxygen atoms in total. The van der Waals surface area contributed by atoms with Crippen molar-refractivity contribution in [2.45, 2.75) is 0 Å². The molecule has 2 aromatic heterocycles. The zero-order chi connectivity index (χ0) is 44.3. The second-order valence-electron chi connectivity index (χ2n) is 17.2. The Kier molecular flexibility index (Phi) is 9.17. The quantitative estimate of drug-likeness (QED) is 0.152. The lowest BCUT2D eigenvalue weighted by Gasteiger charge is -2.30. The Morgan fingerprint density at radius 3 is 1.66 bits per heavy atom. The van der Waals surface area contributed by atoms with Crippen LogP contribution in [-0.2, 0) is 0 Å². The van der Waals surface area contributed by atoms with E-state index in [1.807, 2.05) is 6.07 Å². The van der Waals surface area contributed by atoms with Crippen LogP contribution in [-0.4, -0.2) is 4.57 Å². The fourth-order valence-electron chi connectivity index (χ4n) is 10.3. The molecule has 0 N–H and O–H groups in total. The number of anilines is 3. The largest absolute Gasteiger partial charge is 0.455 e. The van der Waals surface area contributed by atoms with Crippen LogP contribution in [0.2, 0.25) is 0 Å². The molecule has 0 atom stereocenters. The topological polar surface area (TPSA) is 21.3 Å². The lowest BCUT2D eigenvalue weighted by atomic mass is 9.95. The molecule has 0 spiro atoms. The van der Waals surface area contributed by atoms with E-state index in [-0.39, 0.29) is 0 Å². The van der Waals surface area contributed by atoms with Crippen LogP contribution in [0.4, 0.5) is 17.1 Å². The zero-order valence-electron chi connectivity index (χ0n) is 36.6. The van der Waals surface area contributed by atoms with Crippen LogP contribution >= 0.6 is 0 Å². The van der Waals surface area contributed by atoms with Crippen LogP contribution in [0.5, 0.6) is 0 Å². The van der Waals surface area contributed by atoms with Crippen molar-refractivity contribution < 1.29 is 4.42 Å². The molecule has 3 heteroatoms. The highest BCUT2D eigenvalue weighted by atomic mass is 16.3. The summed E-state index contributed by atoms with van der Waals surface area (Å²) < 4.78 is 9.14. The number of fused-ring (bicyclic) bond motifs is 7. The highest BCUT2D eigenvalue weighted by Gasteiger charge is 2.23. The van der Waals surface area contributed by atoms with Crippen molar-refractivity contribution >= 4 is 71.6 Å². The first kappa shape index (κ1) is 38.5. The van der Waals surface area contributed by atoms with Crippen molar-refractivity contribution in [3.05, 3.63) is 255 Å². The van der Waals surface area contributed by atoms with Crippen LogP contribution in [0.3, 0.4) is 0 Å².